The fraction of sp³-hybridized carbons (Fsp3) is 0.320. The Balaban J connectivity index is 0.770. The van der Waals surface area contributed by atoms with E-state index in [4.69, 9.17) is 14.5 Å². The van der Waals surface area contributed by atoms with Crippen LogP contribution in [0.4, 0.5) is 18.9 Å². The number of amides is 1. The summed E-state index contributed by atoms with van der Waals surface area (Å²) in [7, 11) is 0. The van der Waals surface area contributed by atoms with Crippen molar-refractivity contribution in [1.29, 1.82) is 0 Å². The molecule has 1 amide bonds. The van der Waals surface area contributed by atoms with Gasteiger partial charge in [0.2, 0.25) is 0 Å². The molecular weight excluding hydrogens is 838 g/mol. The summed E-state index contributed by atoms with van der Waals surface area (Å²) in [5.41, 5.74) is 7.03. The molecule has 328 valence electrons. The Morgan fingerprint density at radius 2 is 1.59 bits per heavy atom. The molecule has 6 aromatic rings. The number of rotatable bonds is 7. The predicted molar refractivity (Wildman–Crippen MR) is 241 cm³/mol. The van der Waals surface area contributed by atoms with Gasteiger partial charge in [0.15, 0.2) is 12.4 Å². The molecule has 0 bridgehead atoms. The summed E-state index contributed by atoms with van der Waals surface area (Å²) in [4.78, 5) is 24.3. The summed E-state index contributed by atoms with van der Waals surface area (Å²) in [5, 5.41) is 20.2. The number of halogens is 3. The fourth-order valence-corrected chi connectivity index (χ4v) is 11.1. The third-order valence-electron chi connectivity index (χ3n) is 13.6. The van der Waals surface area contributed by atoms with Crippen molar-refractivity contribution in [2.75, 3.05) is 37.7 Å². The second-order valence-electron chi connectivity index (χ2n) is 17.5. The molecule has 0 aliphatic carbocycles. The summed E-state index contributed by atoms with van der Waals surface area (Å²) in [6.45, 7) is 13.2. The lowest BCUT2D eigenvalue weighted by Gasteiger charge is -2.39. The molecule has 2 aromatic heterocycles. The molecule has 4 aromatic carbocycles. The monoisotopic (exact) mass is 884 g/mol. The number of benzene rings is 4. The van der Waals surface area contributed by atoms with Gasteiger partial charge in [0.05, 0.1) is 11.3 Å². The van der Waals surface area contributed by atoms with Gasteiger partial charge in [-0.2, -0.15) is 0 Å². The van der Waals surface area contributed by atoms with E-state index in [1.807, 2.05) is 11.8 Å². The molecule has 10 rings (SSSR count). The van der Waals surface area contributed by atoms with Crippen LogP contribution in [-0.4, -0.2) is 69.2 Å². The molecule has 10 nitrogen and oxygen atoms in total. The SMILES string of the molecule is CC1=C(c2c(F)cc(F)cc2F)[C@H](c2ccc(OCC(=O)N3CCC4(CC3)CCN(c3ccc(C5=N[C@@H](C)c6nnc(C)n6-c6sc(C)c(C)c65)cc3)C4)cc2)Oc2ccc(O)cc21. The average Bonchev–Trinajstić information content (AvgIpc) is 3.94. The van der Waals surface area contributed by atoms with Crippen molar-refractivity contribution in [3.63, 3.8) is 0 Å². The Labute approximate surface area is 373 Å². The van der Waals surface area contributed by atoms with Crippen LogP contribution in [0, 0.1) is 43.6 Å². The Bertz CT molecular complexity index is 2870. The van der Waals surface area contributed by atoms with Crippen LogP contribution < -0.4 is 14.4 Å². The fourth-order valence-electron chi connectivity index (χ4n) is 9.87. The first-order valence-electron chi connectivity index (χ1n) is 21.6. The van der Waals surface area contributed by atoms with Crippen LogP contribution in [0.25, 0.3) is 16.1 Å². The van der Waals surface area contributed by atoms with E-state index in [1.165, 1.54) is 28.3 Å². The minimum absolute atomic E-state index is 0.0364. The van der Waals surface area contributed by atoms with Crippen molar-refractivity contribution in [1.82, 2.24) is 19.7 Å². The summed E-state index contributed by atoms with van der Waals surface area (Å²) < 4.78 is 58.9. The van der Waals surface area contributed by atoms with Gasteiger partial charge in [0.1, 0.15) is 57.7 Å². The molecule has 4 aliphatic heterocycles. The quantitative estimate of drug-likeness (QED) is 0.170. The molecule has 1 spiro atoms. The normalized spacial score (nSPS) is 18.9. The number of phenolic OH excluding ortho intramolecular Hbond substituents is 1. The largest absolute Gasteiger partial charge is 0.508 e. The molecule has 0 saturated carbocycles. The number of aryl methyl sites for hydroxylation is 2. The van der Waals surface area contributed by atoms with Crippen molar-refractivity contribution in [3.8, 4) is 22.2 Å². The van der Waals surface area contributed by atoms with E-state index >= 15 is 8.78 Å². The molecule has 0 unspecified atom stereocenters. The number of carbonyl (C=O) groups excluding carboxylic acids is 1. The Morgan fingerprint density at radius 1 is 0.891 bits per heavy atom. The Kier molecular flexibility index (Phi) is 10.4. The second-order valence-corrected chi connectivity index (χ2v) is 18.7. The third-order valence-corrected chi connectivity index (χ3v) is 14.8. The lowest BCUT2D eigenvalue weighted by atomic mass is 9.78. The molecule has 2 atom stereocenters. The Hall–Kier alpha value is -6.41. The van der Waals surface area contributed by atoms with Gasteiger partial charge in [-0.1, -0.05) is 24.3 Å². The average molecular weight is 885 g/mol. The van der Waals surface area contributed by atoms with Crippen LogP contribution in [0.15, 0.2) is 83.9 Å². The van der Waals surface area contributed by atoms with Gasteiger partial charge in [-0.15, -0.1) is 21.5 Å². The van der Waals surface area contributed by atoms with Gasteiger partial charge in [-0.25, -0.2) is 13.2 Å². The molecule has 14 heteroatoms. The number of fused-ring (bicyclic) bond motifs is 4. The molecule has 0 radical (unpaired) electrons. The summed E-state index contributed by atoms with van der Waals surface area (Å²) in [6.07, 6.45) is 1.93. The highest BCUT2D eigenvalue weighted by atomic mass is 32.1. The number of ether oxygens (including phenoxy) is 2. The van der Waals surface area contributed by atoms with Gasteiger partial charge in [0, 0.05) is 71.1 Å². The maximum Gasteiger partial charge on any atom is 0.260 e. The third kappa shape index (κ3) is 7.21. The number of hydrogen-bond acceptors (Lipinski definition) is 9. The first-order chi connectivity index (χ1) is 30.8. The lowest BCUT2D eigenvalue weighted by molar-refractivity contribution is -0.135. The molecule has 4 aliphatic rings. The number of aromatic hydroxyl groups is 1. The number of thiophene rings is 1. The number of phenols is 1. The van der Waals surface area contributed by atoms with Crippen molar-refractivity contribution < 1.29 is 32.5 Å². The van der Waals surface area contributed by atoms with Crippen LogP contribution in [0.2, 0.25) is 0 Å². The molecule has 2 fully saturated rings. The van der Waals surface area contributed by atoms with Crippen LogP contribution in [0.3, 0.4) is 0 Å². The van der Waals surface area contributed by atoms with E-state index in [1.54, 1.807) is 48.6 Å². The number of anilines is 1. The zero-order valence-electron chi connectivity index (χ0n) is 36.2. The standard InChI is InChI=1S/C50H47F3N6O4S/c1-27-30(4)64-49-44(27)46(54-29(3)48-56-55-31(5)59(48)49)32-6-10-35(11-7-32)58-21-18-50(26-58)16-19-57(20-17-50)42(61)25-62-37-13-8-33(9-14-37)47-43(45-39(52)22-34(51)23-40(45)53)28(2)38-24-36(60)12-15-41(38)63-47/h6-15,22-24,29,47,60H,16-21,25-26H2,1-5H3/t29-,47-/m0/s1. The lowest BCUT2D eigenvalue weighted by Crippen LogP contribution is -2.45. The van der Waals surface area contributed by atoms with E-state index in [0.29, 0.717) is 53.4 Å². The Morgan fingerprint density at radius 3 is 2.31 bits per heavy atom. The predicted octanol–water partition coefficient (Wildman–Crippen LogP) is 10.3. The minimum atomic E-state index is -1.07. The number of aliphatic imine (C=N–C) groups is 1. The second kappa shape index (κ2) is 16.0. The van der Waals surface area contributed by atoms with Crippen LogP contribution in [0.1, 0.15) is 95.2 Å². The number of carbonyl (C=O) groups is 1. The number of allylic oxidation sites excluding steroid dienone is 1. The number of likely N-dealkylation sites (tertiary alicyclic amines) is 1. The van der Waals surface area contributed by atoms with Gasteiger partial charge >= 0.3 is 0 Å². The van der Waals surface area contributed by atoms with Gasteiger partial charge in [-0.3, -0.25) is 14.4 Å². The van der Waals surface area contributed by atoms with Gasteiger partial charge < -0.3 is 24.4 Å². The van der Waals surface area contributed by atoms with Gasteiger partial charge in [-0.05, 0) is 118 Å². The first kappa shape index (κ1) is 41.6. The number of aromatic nitrogens is 3. The summed E-state index contributed by atoms with van der Waals surface area (Å²) in [6, 6.07) is 21.3. The van der Waals surface area contributed by atoms with E-state index in [9.17, 15) is 14.3 Å². The maximum atomic E-state index is 15.3. The molecule has 2 saturated heterocycles. The summed E-state index contributed by atoms with van der Waals surface area (Å²) in [5.74, 6) is -0.701. The molecule has 1 N–H and O–H groups in total. The molecule has 6 heterocycles. The van der Waals surface area contributed by atoms with Crippen LogP contribution in [0.5, 0.6) is 17.2 Å². The highest BCUT2D eigenvalue weighted by Gasteiger charge is 2.42. The van der Waals surface area contributed by atoms with Crippen molar-refractivity contribution in [2.24, 2.45) is 10.4 Å². The number of hydrogen-bond donors (Lipinski definition) is 1. The van der Waals surface area contributed by atoms with E-state index in [-0.39, 0.29) is 35.3 Å². The maximum absolute atomic E-state index is 15.3. The van der Waals surface area contributed by atoms with Gasteiger partial charge in [0.25, 0.3) is 5.91 Å². The van der Waals surface area contributed by atoms with E-state index < -0.39 is 29.1 Å². The first-order valence-corrected chi connectivity index (χ1v) is 22.4. The number of nitrogens with zero attached hydrogens (tertiary/aromatic N) is 6. The highest BCUT2D eigenvalue weighted by molar-refractivity contribution is 7.15. The van der Waals surface area contributed by atoms with Crippen LogP contribution in [-0.2, 0) is 4.79 Å². The number of piperidine rings is 1. The van der Waals surface area contributed by atoms with Crippen molar-refractivity contribution >= 4 is 39.8 Å². The van der Waals surface area contributed by atoms with E-state index in [2.05, 4.69) is 64.7 Å². The smallest absolute Gasteiger partial charge is 0.260 e. The molecule has 64 heavy (non-hydrogen) atoms. The highest BCUT2D eigenvalue weighted by Crippen LogP contribution is 2.49. The zero-order valence-corrected chi connectivity index (χ0v) is 37.0. The van der Waals surface area contributed by atoms with Crippen molar-refractivity contribution in [2.45, 2.75) is 66.0 Å². The zero-order chi connectivity index (χ0) is 44.6. The molecular formula is C50H47F3N6O4S. The minimum Gasteiger partial charge on any atom is -0.508 e. The van der Waals surface area contributed by atoms with E-state index in [0.717, 1.165) is 65.8 Å². The summed E-state index contributed by atoms with van der Waals surface area (Å²) >= 11 is 1.76. The van der Waals surface area contributed by atoms with Crippen molar-refractivity contribution in [3.05, 3.63) is 146 Å². The topological polar surface area (TPSA) is 105 Å². The van der Waals surface area contributed by atoms with Crippen LogP contribution >= 0.6 is 11.3 Å².